The van der Waals surface area contributed by atoms with Crippen molar-refractivity contribution < 1.29 is 23.9 Å². The zero-order valence-electron chi connectivity index (χ0n) is 19.1. The molecule has 1 aliphatic rings. The first-order valence-electron chi connectivity index (χ1n) is 10.6. The van der Waals surface area contributed by atoms with Crippen molar-refractivity contribution in [2.75, 3.05) is 33.2 Å². The molecule has 1 atom stereocenters. The van der Waals surface area contributed by atoms with E-state index in [1.54, 1.807) is 29.9 Å². The zero-order chi connectivity index (χ0) is 24.2. The molecule has 0 radical (unpaired) electrons. The summed E-state index contributed by atoms with van der Waals surface area (Å²) in [7, 11) is 4.74. The van der Waals surface area contributed by atoms with Gasteiger partial charge in [0.2, 0.25) is 5.91 Å². The summed E-state index contributed by atoms with van der Waals surface area (Å²) in [5.74, 6) is -0.382. The number of anilines is 1. The number of aromatic nitrogens is 3. The van der Waals surface area contributed by atoms with E-state index in [9.17, 15) is 14.4 Å². The van der Waals surface area contributed by atoms with Crippen LogP contribution in [0.2, 0.25) is 0 Å². The Labute approximate surface area is 200 Å². The maximum absolute atomic E-state index is 13.1. The normalized spacial score (nSPS) is 15.0. The minimum absolute atomic E-state index is 0.0987. The molecule has 178 valence electrons. The van der Waals surface area contributed by atoms with Gasteiger partial charge in [0.1, 0.15) is 12.4 Å². The van der Waals surface area contributed by atoms with Crippen molar-refractivity contribution in [3.63, 3.8) is 0 Å². The van der Waals surface area contributed by atoms with Gasteiger partial charge in [-0.1, -0.05) is 17.4 Å². The fourth-order valence-electron chi connectivity index (χ4n) is 3.84. The van der Waals surface area contributed by atoms with E-state index in [1.165, 1.54) is 7.11 Å². The summed E-state index contributed by atoms with van der Waals surface area (Å²) in [5.41, 5.74) is 2.26. The molecule has 34 heavy (non-hydrogen) atoms. The third-order valence-corrected chi connectivity index (χ3v) is 6.50. The number of hydrogen-bond acceptors (Lipinski definition) is 8. The van der Waals surface area contributed by atoms with Crippen LogP contribution in [0.4, 0.5) is 5.13 Å². The Morgan fingerprint density at radius 1 is 1.29 bits per heavy atom. The highest BCUT2D eigenvalue weighted by Crippen LogP contribution is 2.33. The molecule has 0 unspecified atom stereocenters. The van der Waals surface area contributed by atoms with Crippen molar-refractivity contribution in [1.29, 1.82) is 0 Å². The average molecular weight is 484 g/mol. The van der Waals surface area contributed by atoms with Crippen LogP contribution in [0.5, 0.6) is 5.75 Å². The largest absolute Gasteiger partial charge is 0.497 e. The van der Waals surface area contributed by atoms with Crippen LogP contribution in [0.3, 0.4) is 0 Å². The van der Waals surface area contributed by atoms with E-state index in [0.717, 1.165) is 28.3 Å². The lowest BCUT2D eigenvalue weighted by molar-refractivity contribution is -0.134. The number of amides is 2. The Hall–Kier alpha value is -3.57. The first-order valence-corrected chi connectivity index (χ1v) is 11.4. The molecule has 1 aliphatic carbocycles. The topological polar surface area (TPSA) is 116 Å². The number of nitrogens with zero attached hydrogens (tertiary/aromatic N) is 4. The Kier molecular flexibility index (Phi) is 7.03. The zero-order valence-corrected chi connectivity index (χ0v) is 19.9. The van der Waals surface area contributed by atoms with E-state index in [-0.39, 0.29) is 30.6 Å². The summed E-state index contributed by atoms with van der Waals surface area (Å²) in [5, 5.41) is 7.35. The van der Waals surface area contributed by atoms with Crippen molar-refractivity contribution >= 4 is 34.1 Å². The minimum Gasteiger partial charge on any atom is -0.497 e. The highest BCUT2D eigenvalue weighted by atomic mass is 32.1. The van der Waals surface area contributed by atoms with Crippen LogP contribution in [-0.2, 0) is 27.3 Å². The lowest BCUT2D eigenvalue weighted by Crippen LogP contribution is -2.36. The van der Waals surface area contributed by atoms with Gasteiger partial charge in [-0.15, -0.1) is 0 Å². The molecule has 0 fully saturated rings. The van der Waals surface area contributed by atoms with Crippen molar-refractivity contribution in [2.24, 2.45) is 5.92 Å². The number of rotatable bonds is 8. The van der Waals surface area contributed by atoms with E-state index in [0.29, 0.717) is 28.7 Å². The molecule has 0 aliphatic heterocycles. The fraction of sp³-hybridized carbons (Fsp3) is 0.348. The molecule has 0 saturated heterocycles. The monoisotopic (exact) mass is 483 g/mol. The molecule has 2 amide bonds. The van der Waals surface area contributed by atoms with E-state index < -0.39 is 5.92 Å². The average Bonchev–Trinajstić information content (AvgIpc) is 3.45. The predicted molar refractivity (Wildman–Crippen MR) is 125 cm³/mol. The molecule has 0 bridgehead atoms. The van der Waals surface area contributed by atoms with Gasteiger partial charge < -0.3 is 14.4 Å². The summed E-state index contributed by atoms with van der Waals surface area (Å²) in [6.45, 7) is 0.258. The lowest BCUT2D eigenvalue weighted by atomic mass is 9.89. The molecular weight excluding hydrogens is 458 g/mol. The SMILES string of the molecule is COCC(=O)Nc1nc2c(s1)C(=O)C[C@@H](C(=O)N(C)Cc1cnn(-c3cccc(OC)c3)c1)C2. The number of benzene rings is 1. The Balaban J connectivity index is 1.41. The number of nitrogens with one attached hydrogen (secondary N) is 1. The maximum Gasteiger partial charge on any atom is 0.252 e. The van der Waals surface area contributed by atoms with Gasteiger partial charge in [0, 0.05) is 51.4 Å². The predicted octanol–water partition coefficient (Wildman–Crippen LogP) is 2.33. The molecule has 0 spiro atoms. The molecule has 10 nitrogen and oxygen atoms in total. The second-order valence-corrected chi connectivity index (χ2v) is 8.99. The maximum atomic E-state index is 13.1. The van der Waals surface area contributed by atoms with Gasteiger partial charge in [-0.3, -0.25) is 19.7 Å². The number of thiazole rings is 1. The van der Waals surface area contributed by atoms with Gasteiger partial charge in [0.15, 0.2) is 10.9 Å². The molecular formula is C23H25N5O5S. The van der Waals surface area contributed by atoms with Crippen LogP contribution in [0.15, 0.2) is 36.7 Å². The Morgan fingerprint density at radius 3 is 2.88 bits per heavy atom. The molecule has 0 saturated carbocycles. The van der Waals surface area contributed by atoms with Crippen LogP contribution >= 0.6 is 11.3 Å². The lowest BCUT2D eigenvalue weighted by Gasteiger charge is -2.25. The third-order valence-electron chi connectivity index (χ3n) is 5.44. The first kappa shape index (κ1) is 23.6. The molecule has 3 aromatic rings. The number of ketones is 1. The van der Waals surface area contributed by atoms with E-state index in [2.05, 4.69) is 15.4 Å². The van der Waals surface area contributed by atoms with Crippen LogP contribution in [0, 0.1) is 5.92 Å². The van der Waals surface area contributed by atoms with Crippen molar-refractivity contribution in [2.45, 2.75) is 19.4 Å². The van der Waals surface area contributed by atoms with Crippen molar-refractivity contribution in [1.82, 2.24) is 19.7 Å². The Bertz CT molecular complexity index is 1220. The van der Waals surface area contributed by atoms with Gasteiger partial charge in [-0.2, -0.15) is 5.10 Å². The number of Topliss-reactive ketones (excluding diaryl/α,β-unsaturated/α-hetero) is 1. The number of fused-ring (bicyclic) bond motifs is 1. The number of carbonyl (C=O) groups excluding carboxylic acids is 3. The summed E-state index contributed by atoms with van der Waals surface area (Å²) < 4.78 is 11.8. The second-order valence-electron chi connectivity index (χ2n) is 7.99. The van der Waals surface area contributed by atoms with Crippen molar-refractivity contribution in [3.8, 4) is 11.4 Å². The second kappa shape index (κ2) is 10.1. The number of ether oxygens (including phenoxy) is 2. The molecule has 11 heteroatoms. The van der Waals surface area contributed by atoms with Crippen LogP contribution < -0.4 is 10.1 Å². The first-order chi connectivity index (χ1) is 16.4. The van der Waals surface area contributed by atoms with Gasteiger partial charge in [-0.05, 0) is 12.1 Å². The molecule has 1 aromatic carbocycles. The number of methoxy groups -OCH3 is 2. The summed E-state index contributed by atoms with van der Waals surface area (Å²) >= 11 is 1.13. The van der Waals surface area contributed by atoms with Crippen molar-refractivity contribution in [3.05, 3.63) is 52.8 Å². The minimum atomic E-state index is -0.497. The van der Waals surface area contributed by atoms with Crippen LogP contribution in [-0.4, -0.2) is 65.1 Å². The standard InChI is InChI=1S/C23H25N5O5S/c1-27(11-14-10-24-28(12-14)16-5-4-6-17(9-16)33-3)22(31)15-7-18-21(19(29)8-15)34-23(25-18)26-20(30)13-32-2/h4-6,9-10,12,15H,7-8,11,13H2,1-3H3,(H,25,26,30)/t15-/m0/s1. The fourth-order valence-corrected chi connectivity index (χ4v) is 4.80. The number of hydrogen-bond donors (Lipinski definition) is 1. The quantitative estimate of drug-likeness (QED) is 0.523. The third kappa shape index (κ3) is 5.15. The highest BCUT2D eigenvalue weighted by molar-refractivity contribution is 7.17. The molecule has 1 N–H and O–H groups in total. The van der Waals surface area contributed by atoms with Gasteiger partial charge in [0.25, 0.3) is 5.91 Å². The highest BCUT2D eigenvalue weighted by Gasteiger charge is 2.34. The van der Waals surface area contributed by atoms with E-state index in [4.69, 9.17) is 9.47 Å². The summed E-state index contributed by atoms with van der Waals surface area (Å²) in [6.07, 6.45) is 4.04. The van der Waals surface area contributed by atoms with Gasteiger partial charge in [-0.25, -0.2) is 9.67 Å². The van der Waals surface area contributed by atoms with E-state index >= 15 is 0 Å². The molecule has 2 heterocycles. The summed E-state index contributed by atoms with van der Waals surface area (Å²) in [4.78, 5) is 44.0. The number of carbonyl (C=O) groups is 3. The van der Waals surface area contributed by atoms with E-state index in [1.807, 2.05) is 30.5 Å². The van der Waals surface area contributed by atoms with Gasteiger partial charge in [0.05, 0.1) is 35.5 Å². The van der Waals surface area contributed by atoms with Crippen LogP contribution in [0.1, 0.15) is 27.3 Å². The Morgan fingerprint density at radius 2 is 2.12 bits per heavy atom. The van der Waals surface area contributed by atoms with Gasteiger partial charge >= 0.3 is 0 Å². The molecule has 4 rings (SSSR count). The van der Waals surface area contributed by atoms with Crippen LogP contribution in [0.25, 0.3) is 5.69 Å². The summed E-state index contributed by atoms with van der Waals surface area (Å²) in [6, 6.07) is 7.53. The smallest absolute Gasteiger partial charge is 0.252 e. The molecule has 2 aromatic heterocycles.